The Bertz CT molecular complexity index is 1160. The van der Waals surface area contributed by atoms with Crippen LogP contribution < -0.4 is 15.4 Å². The van der Waals surface area contributed by atoms with Gasteiger partial charge in [0.1, 0.15) is 5.75 Å². The zero-order chi connectivity index (χ0) is 22.7. The average Bonchev–Trinajstić information content (AvgIpc) is 3.18. The molecule has 2 heterocycles. The summed E-state index contributed by atoms with van der Waals surface area (Å²) in [5, 5.41) is 6.74. The van der Waals surface area contributed by atoms with Crippen molar-refractivity contribution in [2.24, 2.45) is 0 Å². The topological polar surface area (TPSA) is 83.6 Å². The highest BCUT2D eigenvalue weighted by atomic mass is 35.5. The van der Waals surface area contributed by atoms with Crippen molar-refractivity contribution < 1.29 is 14.3 Å². The Balaban J connectivity index is 1.38. The summed E-state index contributed by atoms with van der Waals surface area (Å²) in [6, 6.07) is 12.0. The number of carbonyl (C=O) groups is 2. The fraction of sp³-hybridized carbons (Fsp3) is 0.261. The molecule has 0 aliphatic carbocycles. The van der Waals surface area contributed by atoms with Crippen LogP contribution in [0.4, 0.5) is 5.13 Å². The molecule has 2 N–H and O–H groups in total. The van der Waals surface area contributed by atoms with Crippen LogP contribution in [-0.4, -0.2) is 42.4 Å². The smallest absolute Gasteiger partial charge is 0.257 e. The predicted molar refractivity (Wildman–Crippen MR) is 126 cm³/mol. The molecule has 0 radical (unpaired) electrons. The number of halogens is 1. The Morgan fingerprint density at radius 3 is 2.78 bits per heavy atom. The summed E-state index contributed by atoms with van der Waals surface area (Å²) in [6.07, 6.45) is 0.896. The van der Waals surface area contributed by atoms with Gasteiger partial charge in [-0.15, -0.1) is 11.3 Å². The molecule has 0 saturated heterocycles. The van der Waals surface area contributed by atoms with Gasteiger partial charge in [-0.05, 0) is 42.9 Å². The predicted octanol–water partition coefficient (Wildman–Crippen LogP) is 3.98. The highest BCUT2D eigenvalue weighted by molar-refractivity contribution is 7.15. The molecule has 1 aromatic heterocycles. The van der Waals surface area contributed by atoms with E-state index in [1.807, 2.05) is 6.07 Å². The number of aromatic nitrogens is 1. The van der Waals surface area contributed by atoms with E-state index in [0.29, 0.717) is 27.0 Å². The number of fused-ring (bicyclic) bond motifs is 1. The van der Waals surface area contributed by atoms with E-state index in [4.69, 9.17) is 16.3 Å². The zero-order valence-corrected chi connectivity index (χ0v) is 19.3. The third kappa shape index (κ3) is 5.09. The Kier molecular flexibility index (Phi) is 6.74. The van der Waals surface area contributed by atoms with Crippen LogP contribution in [0.3, 0.4) is 0 Å². The number of ether oxygens (including phenoxy) is 1. The second-order valence-corrected chi connectivity index (χ2v) is 9.05. The van der Waals surface area contributed by atoms with Crippen LogP contribution >= 0.6 is 22.9 Å². The maximum absolute atomic E-state index is 12.7. The number of methoxy groups -OCH3 is 1. The van der Waals surface area contributed by atoms with Crippen molar-refractivity contribution in [2.45, 2.75) is 19.5 Å². The number of hydrogen-bond acceptors (Lipinski definition) is 6. The van der Waals surface area contributed by atoms with Gasteiger partial charge in [0.25, 0.3) is 11.8 Å². The van der Waals surface area contributed by atoms with Crippen LogP contribution in [-0.2, 0) is 19.5 Å². The van der Waals surface area contributed by atoms with Gasteiger partial charge in [-0.1, -0.05) is 23.7 Å². The lowest BCUT2D eigenvalue weighted by molar-refractivity contribution is 0.0950. The Hall–Kier alpha value is -2.94. The van der Waals surface area contributed by atoms with Crippen LogP contribution in [0, 0.1) is 0 Å². The Morgan fingerprint density at radius 1 is 1.19 bits per heavy atom. The van der Waals surface area contributed by atoms with Gasteiger partial charge in [-0.3, -0.25) is 14.9 Å². The highest BCUT2D eigenvalue weighted by Crippen LogP contribution is 2.28. The molecule has 9 heteroatoms. The van der Waals surface area contributed by atoms with Crippen LogP contribution in [0.15, 0.2) is 42.5 Å². The van der Waals surface area contributed by atoms with Gasteiger partial charge in [0.15, 0.2) is 5.13 Å². The van der Waals surface area contributed by atoms with E-state index in [-0.39, 0.29) is 18.4 Å². The number of likely N-dealkylation sites (N-methyl/N-ethyl adjacent to an activating group) is 1. The van der Waals surface area contributed by atoms with Gasteiger partial charge < -0.3 is 15.0 Å². The number of benzene rings is 2. The summed E-state index contributed by atoms with van der Waals surface area (Å²) < 4.78 is 5.11. The van der Waals surface area contributed by atoms with Crippen molar-refractivity contribution in [1.82, 2.24) is 15.2 Å². The summed E-state index contributed by atoms with van der Waals surface area (Å²) in [7, 11) is 3.60. The van der Waals surface area contributed by atoms with Gasteiger partial charge >= 0.3 is 0 Å². The first-order valence-corrected chi connectivity index (χ1v) is 11.3. The maximum Gasteiger partial charge on any atom is 0.257 e. The molecule has 2 aromatic carbocycles. The van der Waals surface area contributed by atoms with Gasteiger partial charge in [-0.2, -0.15) is 0 Å². The molecule has 32 heavy (non-hydrogen) atoms. The van der Waals surface area contributed by atoms with Crippen molar-refractivity contribution in [2.75, 3.05) is 26.0 Å². The summed E-state index contributed by atoms with van der Waals surface area (Å²) in [4.78, 5) is 33.2. The lowest BCUT2D eigenvalue weighted by Crippen LogP contribution is -2.25. The molecular weight excluding hydrogens is 448 g/mol. The minimum Gasteiger partial charge on any atom is -0.495 e. The first-order chi connectivity index (χ1) is 15.4. The van der Waals surface area contributed by atoms with E-state index >= 15 is 0 Å². The largest absolute Gasteiger partial charge is 0.495 e. The van der Waals surface area contributed by atoms with Crippen LogP contribution in [0.25, 0.3) is 0 Å². The summed E-state index contributed by atoms with van der Waals surface area (Å²) in [5.74, 6) is 0.0253. The minimum atomic E-state index is -0.261. The molecule has 2 amide bonds. The molecule has 0 bridgehead atoms. The monoisotopic (exact) mass is 470 g/mol. The van der Waals surface area contributed by atoms with E-state index < -0.39 is 0 Å². The minimum absolute atomic E-state index is 0.223. The van der Waals surface area contributed by atoms with Crippen molar-refractivity contribution >= 4 is 39.9 Å². The third-order valence-electron chi connectivity index (χ3n) is 5.20. The number of thiazole rings is 1. The van der Waals surface area contributed by atoms with E-state index in [9.17, 15) is 9.59 Å². The fourth-order valence-corrected chi connectivity index (χ4v) is 4.80. The lowest BCUT2D eigenvalue weighted by atomic mass is 10.1. The molecule has 0 saturated carbocycles. The first-order valence-electron chi connectivity index (χ1n) is 10.1. The molecule has 4 rings (SSSR count). The van der Waals surface area contributed by atoms with Crippen molar-refractivity contribution in [1.29, 1.82) is 0 Å². The second kappa shape index (κ2) is 9.68. The highest BCUT2D eigenvalue weighted by Gasteiger charge is 2.19. The SMILES string of the molecule is COc1ccc(C(=O)NCc2cccc(C(=O)Nc3nc4c(s3)CN(C)CC4)c2)cc1Cl. The number of amides is 2. The fourth-order valence-electron chi connectivity index (χ4n) is 3.46. The molecule has 0 unspecified atom stereocenters. The molecule has 166 valence electrons. The van der Waals surface area contributed by atoms with E-state index in [0.717, 1.165) is 30.8 Å². The number of nitrogens with zero attached hydrogens (tertiary/aromatic N) is 2. The second-order valence-electron chi connectivity index (χ2n) is 7.56. The van der Waals surface area contributed by atoms with Crippen LogP contribution in [0.1, 0.15) is 36.9 Å². The first kappa shape index (κ1) is 22.3. The van der Waals surface area contributed by atoms with E-state index in [1.165, 1.54) is 23.3 Å². The number of rotatable bonds is 6. The molecular formula is C23H23ClN4O3S. The van der Waals surface area contributed by atoms with Crippen molar-refractivity contribution in [3.8, 4) is 5.75 Å². The Morgan fingerprint density at radius 2 is 2.00 bits per heavy atom. The van der Waals surface area contributed by atoms with Crippen molar-refractivity contribution in [3.63, 3.8) is 0 Å². The summed E-state index contributed by atoms with van der Waals surface area (Å²) in [5.41, 5.74) is 2.82. The van der Waals surface area contributed by atoms with Gasteiger partial charge in [0, 0.05) is 42.1 Å². The lowest BCUT2D eigenvalue weighted by Gasteiger charge is -2.20. The summed E-state index contributed by atoms with van der Waals surface area (Å²) in [6.45, 7) is 2.11. The van der Waals surface area contributed by atoms with Crippen LogP contribution in [0.2, 0.25) is 5.02 Å². The molecule has 1 aliphatic heterocycles. The normalized spacial score (nSPS) is 13.3. The van der Waals surface area contributed by atoms with Gasteiger partial charge in [0.05, 0.1) is 17.8 Å². The van der Waals surface area contributed by atoms with E-state index in [1.54, 1.807) is 36.4 Å². The molecule has 3 aromatic rings. The number of nitrogens with one attached hydrogen (secondary N) is 2. The molecule has 7 nitrogen and oxygen atoms in total. The average molecular weight is 471 g/mol. The van der Waals surface area contributed by atoms with E-state index in [2.05, 4.69) is 27.6 Å². The number of hydrogen-bond donors (Lipinski definition) is 2. The van der Waals surface area contributed by atoms with Crippen LogP contribution in [0.5, 0.6) is 5.75 Å². The quantitative estimate of drug-likeness (QED) is 0.569. The number of anilines is 1. The number of carbonyl (C=O) groups excluding carboxylic acids is 2. The molecule has 0 spiro atoms. The third-order valence-corrected chi connectivity index (χ3v) is 6.49. The Labute approximate surface area is 195 Å². The zero-order valence-electron chi connectivity index (χ0n) is 17.8. The molecule has 0 fully saturated rings. The molecule has 1 aliphatic rings. The molecule has 0 atom stereocenters. The van der Waals surface area contributed by atoms with Gasteiger partial charge in [-0.25, -0.2) is 4.98 Å². The standard InChI is InChI=1S/C23H23ClN4O3S/c1-28-9-8-18-20(13-28)32-23(26-18)27-22(30)15-5-3-4-14(10-15)12-25-21(29)16-6-7-19(31-2)17(24)11-16/h3-7,10-11H,8-9,12-13H2,1-2H3,(H,25,29)(H,26,27,30). The summed E-state index contributed by atoms with van der Waals surface area (Å²) >= 11 is 7.62. The maximum atomic E-state index is 12.7. The van der Waals surface area contributed by atoms with Crippen molar-refractivity contribution in [3.05, 3.63) is 74.7 Å². The van der Waals surface area contributed by atoms with Gasteiger partial charge in [0.2, 0.25) is 0 Å².